The topological polar surface area (TPSA) is 25.2 Å². The number of benzene rings is 1. The summed E-state index contributed by atoms with van der Waals surface area (Å²) in [5.41, 5.74) is 2.79. The molecule has 2 aromatic rings. The van der Waals surface area contributed by atoms with E-state index >= 15 is 0 Å². The first-order valence-electron chi connectivity index (χ1n) is 7.46. The van der Waals surface area contributed by atoms with E-state index in [-0.39, 0.29) is 5.41 Å². The molecular formula is C18H25NO. The maximum atomic E-state index is 5.25. The van der Waals surface area contributed by atoms with Gasteiger partial charge in [-0.2, -0.15) is 0 Å². The Kier molecular flexibility index (Phi) is 5.02. The van der Waals surface area contributed by atoms with Crippen molar-refractivity contribution in [2.24, 2.45) is 0 Å². The molecule has 0 saturated heterocycles. The van der Waals surface area contributed by atoms with Gasteiger partial charge in [-0.25, -0.2) is 0 Å². The van der Waals surface area contributed by atoms with Crippen LogP contribution in [-0.4, -0.2) is 12.6 Å². The molecule has 1 aromatic carbocycles. The van der Waals surface area contributed by atoms with Crippen molar-refractivity contribution in [1.29, 1.82) is 0 Å². The van der Waals surface area contributed by atoms with Crippen LogP contribution in [0.25, 0.3) is 0 Å². The van der Waals surface area contributed by atoms with Gasteiger partial charge in [0.25, 0.3) is 0 Å². The number of nitrogens with one attached hydrogen (secondary N) is 1. The van der Waals surface area contributed by atoms with Crippen LogP contribution in [0.5, 0.6) is 0 Å². The van der Waals surface area contributed by atoms with Crippen molar-refractivity contribution >= 4 is 0 Å². The van der Waals surface area contributed by atoms with E-state index in [1.165, 1.54) is 11.1 Å². The van der Waals surface area contributed by atoms with Crippen molar-refractivity contribution in [3.05, 3.63) is 60.1 Å². The Morgan fingerprint density at radius 2 is 1.90 bits per heavy atom. The summed E-state index contributed by atoms with van der Waals surface area (Å²) in [7, 11) is 0. The molecule has 20 heavy (non-hydrogen) atoms. The van der Waals surface area contributed by atoms with Gasteiger partial charge in [-0.1, -0.05) is 51.1 Å². The van der Waals surface area contributed by atoms with Crippen LogP contribution in [0.1, 0.15) is 38.3 Å². The van der Waals surface area contributed by atoms with E-state index in [1.54, 1.807) is 6.26 Å². The molecule has 1 N–H and O–H groups in total. The highest BCUT2D eigenvalue weighted by atomic mass is 16.3. The largest absolute Gasteiger partial charge is 0.472 e. The molecule has 0 aliphatic rings. The van der Waals surface area contributed by atoms with Crippen LogP contribution in [-0.2, 0) is 11.8 Å². The van der Waals surface area contributed by atoms with Crippen molar-refractivity contribution in [2.75, 3.05) is 6.54 Å². The molecule has 0 bridgehead atoms. The molecule has 2 heteroatoms. The minimum absolute atomic E-state index is 0.120. The normalized spacial score (nSPS) is 14.4. The minimum atomic E-state index is 0.120. The fourth-order valence-electron chi connectivity index (χ4n) is 2.70. The average Bonchev–Trinajstić information content (AvgIpc) is 2.97. The molecule has 1 unspecified atom stereocenters. The molecule has 0 fully saturated rings. The number of hydrogen-bond acceptors (Lipinski definition) is 2. The molecule has 1 heterocycles. The van der Waals surface area contributed by atoms with Gasteiger partial charge < -0.3 is 9.73 Å². The van der Waals surface area contributed by atoms with E-state index in [1.807, 2.05) is 6.26 Å². The third-order valence-corrected chi connectivity index (χ3v) is 4.03. The van der Waals surface area contributed by atoms with Gasteiger partial charge in [0.15, 0.2) is 0 Å². The summed E-state index contributed by atoms with van der Waals surface area (Å²) in [5, 5.41) is 3.62. The number of rotatable bonds is 7. The Hall–Kier alpha value is -1.54. The van der Waals surface area contributed by atoms with E-state index in [4.69, 9.17) is 4.42 Å². The lowest BCUT2D eigenvalue weighted by Crippen LogP contribution is -2.42. The first-order chi connectivity index (χ1) is 9.66. The Balaban J connectivity index is 2.29. The Bertz CT molecular complexity index is 489. The maximum Gasteiger partial charge on any atom is 0.0934 e. The van der Waals surface area contributed by atoms with Gasteiger partial charge in [-0.05, 0) is 30.0 Å². The summed E-state index contributed by atoms with van der Waals surface area (Å²) >= 11 is 0. The number of hydrogen-bond donors (Lipinski definition) is 1. The van der Waals surface area contributed by atoms with Crippen molar-refractivity contribution in [2.45, 2.75) is 45.1 Å². The first kappa shape index (κ1) is 14.9. The van der Waals surface area contributed by atoms with Crippen LogP contribution in [0.3, 0.4) is 0 Å². The summed E-state index contributed by atoms with van der Waals surface area (Å²) in [6.45, 7) is 7.65. The molecule has 1 atom stereocenters. The lowest BCUT2D eigenvalue weighted by Gasteiger charge is -2.34. The zero-order valence-corrected chi connectivity index (χ0v) is 12.7. The smallest absolute Gasteiger partial charge is 0.0934 e. The molecule has 0 radical (unpaired) electrons. The lowest BCUT2D eigenvalue weighted by molar-refractivity contribution is 0.362. The predicted molar refractivity (Wildman–Crippen MR) is 84.0 cm³/mol. The lowest BCUT2D eigenvalue weighted by atomic mass is 9.73. The molecule has 2 nitrogen and oxygen atoms in total. The van der Waals surface area contributed by atoms with Crippen molar-refractivity contribution in [3.8, 4) is 0 Å². The Morgan fingerprint density at radius 1 is 1.15 bits per heavy atom. The minimum Gasteiger partial charge on any atom is -0.472 e. The van der Waals surface area contributed by atoms with Crippen LogP contribution in [0.4, 0.5) is 0 Å². The summed E-state index contributed by atoms with van der Waals surface area (Å²) in [5.74, 6) is 0. The standard InChI is InChI=1S/C18H25NO/c1-4-18(14-19-15(2)3,12-16-10-11-20-13-16)17-8-6-5-7-9-17/h5-11,13,15,19H,4,12,14H2,1-3H3. The highest BCUT2D eigenvalue weighted by molar-refractivity contribution is 5.29. The van der Waals surface area contributed by atoms with E-state index in [9.17, 15) is 0 Å². The van der Waals surface area contributed by atoms with Gasteiger partial charge in [0.2, 0.25) is 0 Å². The fourth-order valence-corrected chi connectivity index (χ4v) is 2.70. The maximum absolute atomic E-state index is 5.25. The molecule has 0 spiro atoms. The predicted octanol–water partition coefficient (Wildman–Crippen LogP) is 4.17. The Labute approximate surface area is 122 Å². The third kappa shape index (κ3) is 3.51. The second-order valence-corrected chi connectivity index (χ2v) is 5.84. The van der Waals surface area contributed by atoms with Crippen molar-refractivity contribution < 1.29 is 4.42 Å². The Morgan fingerprint density at radius 3 is 2.45 bits per heavy atom. The molecule has 0 aliphatic carbocycles. The van der Waals surface area contributed by atoms with Gasteiger partial charge >= 0.3 is 0 Å². The average molecular weight is 271 g/mol. The van der Waals surface area contributed by atoms with Gasteiger partial charge in [-0.15, -0.1) is 0 Å². The molecule has 108 valence electrons. The zero-order chi connectivity index (χ0) is 14.4. The highest BCUT2D eigenvalue weighted by Gasteiger charge is 2.30. The van der Waals surface area contributed by atoms with Gasteiger partial charge in [0.1, 0.15) is 0 Å². The molecule has 0 amide bonds. The van der Waals surface area contributed by atoms with Crippen molar-refractivity contribution in [1.82, 2.24) is 5.32 Å². The second kappa shape index (κ2) is 6.76. The van der Waals surface area contributed by atoms with E-state index < -0.39 is 0 Å². The van der Waals surface area contributed by atoms with E-state index in [2.05, 4.69) is 62.5 Å². The van der Waals surface area contributed by atoms with Crippen LogP contribution in [0.2, 0.25) is 0 Å². The van der Waals surface area contributed by atoms with Crippen LogP contribution < -0.4 is 5.32 Å². The molecule has 2 rings (SSSR count). The van der Waals surface area contributed by atoms with Gasteiger partial charge in [-0.3, -0.25) is 0 Å². The van der Waals surface area contributed by atoms with E-state index in [0.29, 0.717) is 6.04 Å². The summed E-state index contributed by atoms with van der Waals surface area (Å²) in [4.78, 5) is 0. The first-order valence-corrected chi connectivity index (χ1v) is 7.46. The quantitative estimate of drug-likeness (QED) is 0.817. The molecular weight excluding hydrogens is 246 g/mol. The highest BCUT2D eigenvalue weighted by Crippen LogP contribution is 2.32. The zero-order valence-electron chi connectivity index (χ0n) is 12.7. The molecule has 1 aromatic heterocycles. The van der Waals surface area contributed by atoms with Crippen molar-refractivity contribution in [3.63, 3.8) is 0 Å². The van der Waals surface area contributed by atoms with Gasteiger partial charge in [0.05, 0.1) is 12.5 Å². The second-order valence-electron chi connectivity index (χ2n) is 5.84. The monoisotopic (exact) mass is 271 g/mol. The van der Waals surface area contributed by atoms with Gasteiger partial charge in [0, 0.05) is 18.0 Å². The third-order valence-electron chi connectivity index (χ3n) is 4.03. The van der Waals surface area contributed by atoms with Crippen LogP contribution >= 0.6 is 0 Å². The molecule has 0 saturated carbocycles. The fraction of sp³-hybridized carbons (Fsp3) is 0.444. The SMILES string of the molecule is CCC(CNC(C)C)(Cc1ccoc1)c1ccccc1. The number of furan rings is 1. The molecule has 0 aliphatic heterocycles. The summed E-state index contributed by atoms with van der Waals surface area (Å²) < 4.78 is 5.25. The van der Waals surface area contributed by atoms with Crippen LogP contribution in [0, 0.1) is 0 Å². The summed E-state index contributed by atoms with van der Waals surface area (Å²) in [6.07, 6.45) is 5.73. The summed E-state index contributed by atoms with van der Waals surface area (Å²) in [6, 6.07) is 13.4. The van der Waals surface area contributed by atoms with Crippen LogP contribution in [0.15, 0.2) is 53.3 Å². The van der Waals surface area contributed by atoms with E-state index in [0.717, 1.165) is 19.4 Å².